The molecule has 0 aromatic heterocycles. The zero-order chi connectivity index (χ0) is 14.5. The largest absolute Gasteiger partial charge is 0.496 e. The molecule has 4 heteroatoms. The number of aliphatic hydroxyl groups excluding tert-OH is 1. The van der Waals surface area contributed by atoms with Crippen LogP contribution in [0.15, 0.2) is 18.2 Å². The average molecular weight is 274 g/mol. The molecule has 2 rings (SSSR count). The van der Waals surface area contributed by atoms with Gasteiger partial charge in [0.05, 0.1) is 25.3 Å². The molecule has 0 saturated carbocycles. The van der Waals surface area contributed by atoms with Crippen LogP contribution >= 0.6 is 0 Å². The summed E-state index contributed by atoms with van der Waals surface area (Å²) in [6, 6.07) is 8.36. The van der Waals surface area contributed by atoms with E-state index in [2.05, 4.69) is 17.9 Å². The third-order valence-electron chi connectivity index (χ3n) is 4.17. The number of rotatable bonds is 4. The number of hydrogen-bond acceptors (Lipinski definition) is 4. The molecule has 1 aliphatic heterocycles. The number of benzene rings is 1. The molecule has 0 radical (unpaired) electrons. The predicted molar refractivity (Wildman–Crippen MR) is 77.4 cm³/mol. The van der Waals surface area contributed by atoms with Crippen LogP contribution in [0.2, 0.25) is 0 Å². The first-order valence-electron chi connectivity index (χ1n) is 7.13. The summed E-state index contributed by atoms with van der Waals surface area (Å²) in [4.78, 5) is 2.34. The number of nitriles is 1. The molecule has 2 atom stereocenters. The Morgan fingerprint density at radius 3 is 2.90 bits per heavy atom. The molecule has 1 aromatic carbocycles. The molecule has 1 N–H and O–H groups in total. The minimum atomic E-state index is 0.197. The van der Waals surface area contributed by atoms with Crippen molar-refractivity contribution in [2.75, 3.05) is 13.7 Å². The van der Waals surface area contributed by atoms with Crippen LogP contribution in [0.5, 0.6) is 5.75 Å². The van der Waals surface area contributed by atoms with Crippen molar-refractivity contribution in [2.24, 2.45) is 0 Å². The molecule has 1 fully saturated rings. The van der Waals surface area contributed by atoms with Crippen molar-refractivity contribution in [1.29, 1.82) is 5.26 Å². The molecule has 1 aromatic rings. The fraction of sp³-hybridized carbons (Fsp3) is 0.562. The molecule has 0 aliphatic carbocycles. The Labute approximate surface area is 120 Å². The first kappa shape index (κ1) is 14.8. The van der Waals surface area contributed by atoms with E-state index in [1.807, 2.05) is 12.1 Å². The Bertz CT molecular complexity index is 496. The topological polar surface area (TPSA) is 56.5 Å². The van der Waals surface area contributed by atoms with Crippen molar-refractivity contribution in [1.82, 2.24) is 4.90 Å². The van der Waals surface area contributed by atoms with Gasteiger partial charge in [0.1, 0.15) is 5.75 Å². The minimum absolute atomic E-state index is 0.197. The highest BCUT2D eigenvalue weighted by Gasteiger charge is 2.27. The number of ether oxygens (including phenoxy) is 1. The van der Waals surface area contributed by atoms with Crippen LogP contribution in [0.3, 0.4) is 0 Å². The van der Waals surface area contributed by atoms with Gasteiger partial charge in [0.25, 0.3) is 0 Å². The van der Waals surface area contributed by atoms with Gasteiger partial charge in [0.15, 0.2) is 0 Å². The van der Waals surface area contributed by atoms with Gasteiger partial charge in [-0.3, -0.25) is 4.90 Å². The van der Waals surface area contributed by atoms with E-state index in [4.69, 9.17) is 10.00 Å². The summed E-state index contributed by atoms with van der Waals surface area (Å²) < 4.78 is 5.39. The summed E-state index contributed by atoms with van der Waals surface area (Å²) in [5.74, 6) is 0.749. The Balaban J connectivity index is 2.21. The van der Waals surface area contributed by atoms with E-state index in [0.717, 1.165) is 30.7 Å². The lowest BCUT2D eigenvalue weighted by Gasteiger charge is -2.40. The van der Waals surface area contributed by atoms with Gasteiger partial charge in [0.2, 0.25) is 0 Å². The van der Waals surface area contributed by atoms with Crippen LogP contribution in [-0.2, 0) is 6.54 Å². The minimum Gasteiger partial charge on any atom is -0.496 e. The fourth-order valence-corrected chi connectivity index (χ4v) is 2.96. The summed E-state index contributed by atoms with van der Waals surface area (Å²) in [6.07, 6.45) is 3.38. The number of likely N-dealkylation sites (tertiary alicyclic amines) is 1. The van der Waals surface area contributed by atoms with Gasteiger partial charge in [-0.15, -0.1) is 0 Å². The van der Waals surface area contributed by atoms with Crippen molar-refractivity contribution in [3.63, 3.8) is 0 Å². The number of hydrogen-bond donors (Lipinski definition) is 1. The molecule has 0 unspecified atom stereocenters. The van der Waals surface area contributed by atoms with E-state index in [-0.39, 0.29) is 12.6 Å². The van der Waals surface area contributed by atoms with E-state index >= 15 is 0 Å². The summed E-state index contributed by atoms with van der Waals surface area (Å²) in [5, 5.41) is 18.5. The Hall–Kier alpha value is -1.57. The predicted octanol–water partition coefficient (Wildman–Crippen LogP) is 2.30. The quantitative estimate of drug-likeness (QED) is 0.915. The van der Waals surface area contributed by atoms with Crippen LogP contribution in [0.4, 0.5) is 0 Å². The highest BCUT2D eigenvalue weighted by atomic mass is 16.5. The number of piperidine rings is 1. The van der Waals surface area contributed by atoms with Crippen LogP contribution in [-0.4, -0.2) is 35.8 Å². The normalized spacial score (nSPS) is 23.3. The number of methoxy groups -OCH3 is 1. The third-order valence-corrected chi connectivity index (χ3v) is 4.17. The van der Waals surface area contributed by atoms with E-state index < -0.39 is 0 Å². The van der Waals surface area contributed by atoms with Crippen molar-refractivity contribution < 1.29 is 9.84 Å². The Morgan fingerprint density at radius 1 is 1.45 bits per heavy atom. The highest BCUT2D eigenvalue weighted by molar-refractivity contribution is 5.42. The maximum atomic E-state index is 9.55. The van der Waals surface area contributed by atoms with Gasteiger partial charge in [0, 0.05) is 24.2 Å². The molecule has 20 heavy (non-hydrogen) atoms. The van der Waals surface area contributed by atoms with Crippen LogP contribution in [0, 0.1) is 11.3 Å². The molecule has 0 amide bonds. The van der Waals surface area contributed by atoms with Crippen LogP contribution in [0.1, 0.15) is 37.3 Å². The number of aliphatic hydroxyl groups is 1. The van der Waals surface area contributed by atoms with Crippen LogP contribution < -0.4 is 4.74 Å². The monoisotopic (exact) mass is 274 g/mol. The fourth-order valence-electron chi connectivity index (χ4n) is 2.96. The molecule has 1 heterocycles. The van der Waals surface area contributed by atoms with Gasteiger partial charge in [-0.05, 0) is 31.9 Å². The van der Waals surface area contributed by atoms with Gasteiger partial charge >= 0.3 is 0 Å². The highest BCUT2D eigenvalue weighted by Crippen LogP contribution is 2.28. The second-order valence-electron chi connectivity index (χ2n) is 5.43. The zero-order valence-corrected chi connectivity index (χ0v) is 12.2. The summed E-state index contributed by atoms with van der Waals surface area (Å²) in [5.41, 5.74) is 1.68. The molecule has 1 aliphatic rings. The molecular weight excluding hydrogens is 252 g/mol. The summed E-state index contributed by atoms with van der Waals surface area (Å²) in [6.45, 7) is 3.15. The molecule has 0 spiro atoms. The molecule has 108 valence electrons. The molecule has 0 bridgehead atoms. The van der Waals surface area contributed by atoms with E-state index in [1.165, 1.54) is 6.42 Å². The lowest BCUT2D eigenvalue weighted by Crippen LogP contribution is -2.46. The van der Waals surface area contributed by atoms with Crippen molar-refractivity contribution in [2.45, 2.75) is 44.8 Å². The van der Waals surface area contributed by atoms with Gasteiger partial charge < -0.3 is 9.84 Å². The van der Waals surface area contributed by atoms with E-state index in [1.54, 1.807) is 13.2 Å². The standard InChI is InChI=1S/C16H22N2O2/c1-12-4-3-5-15(11-19)18(12)10-14-7-6-13(9-17)8-16(14)20-2/h6-8,12,15,19H,3-5,10-11H2,1-2H3/t12-,15+/m0/s1. The van der Waals surface area contributed by atoms with Crippen molar-refractivity contribution in [3.05, 3.63) is 29.3 Å². The zero-order valence-electron chi connectivity index (χ0n) is 12.2. The van der Waals surface area contributed by atoms with E-state index in [0.29, 0.717) is 11.6 Å². The second-order valence-corrected chi connectivity index (χ2v) is 5.43. The van der Waals surface area contributed by atoms with Crippen molar-refractivity contribution in [3.8, 4) is 11.8 Å². The van der Waals surface area contributed by atoms with Crippen molar-refractivity contribution >= 4 is 0 Å². The lowest BCUT2D eigenvalue weighted by atomic mass is 9.96. The maximum Gasteiger partial charge on any atom is 0.124 e. The van der Waals surface area contributed by atoms with E-state index in [9.17, 15) is 5.11 Å². The Kier molecular flexibility index (Phi) is 4.99. The first-order chi connectivity index (χ1) is 9.69. The molecule has 4 nitrogen and oxygen atoms in total. The first-order valence-corrected chi connectivity index (χ1v) is 7.13. The SMILES string of the molecule is COc1cc(C#N)ccc1CN1[C@@H](CO)CCC[C@@H]1C. The van der Waals surface area contributed by atoms with Crippen LogP contribution in [0.25, 0.3) is 0 Å². The lowest BCUT2D eigenvalue weighted by molar-refractivity contribution is 0.0446. The molecular formula is C16H22N2O2. The average Bonchev–Trinajstić information content (AvgIpc) is 2.49. The van der Waals surface area contributed by atoms with Gasteiger partial charge in [-0.25, -0.2) is 0 Å². The second kappa shape index (κ2) is 6.74. The summed E-state index contributed by atoms with van der Waals surface area (Å²) in [7, 11) is 1.63. The Morgan fingerprint density at radius 2 is 2.25 bits per heavy atom. The van der Waals surface area contributed by atoms with Gasteiger partial charge in [-0.1, -0.05) is 12.5 Å². The molecule has 1 saturated heterocycles. The third kappa shape index (κ3) is 3.12. The maximum absolute atomic E-state index is 9.55. The number of nitrogens with zero attached hydrogens (tertiary/aromatic N) is 2. The summed E-state index contributed by atoms with van der Waals surface area (Å²) >= 11 is 0. The smallest absolute Gasteiger partial charge is 0.124 e. The van der Waals surface area contributed by atoms with Gasteiger partial charge in [-0.2, -0.15) is 5.26 Å².